The van der Waals surface area contributed by atoms with E-state index in [0.717, 1.165) is 49.0 Å². The zero-order valence-electron chi connectivity index (χ0n) is 25.9. The molecule has 42 heavy (non-hydrogen) atoms. The quantitative estimate of drug-likeness (QED) is 0.475. The van der Waals surface area contributed by atoms with Gasteiger partial charge in [0, 0.05) is 30.9 Å². The number of carbonyl (C=O) groups is 3. The van der Waals surface area contributed by atoms with Crippen LogP contribution in [0, 0.1) is 37.5 Å². The molecule has 0 radical (unpaired) electrons. The SMILES string of the molecule is Cc1cc(C)cc(NC(=O)C2C3C=CC4(O3)C2C(=O)N(CCN2CCCCC2C)C4C(=O)NC2CCCC(C)C2C)c1. The number of likely N-dealkylation sites (tertiary alicyclic amines) is 2. The molecule has 9 atom stereocenters. The van der Waals surface area contributed by atoms with Gasteiger partial charge in [0.15, 0.2) is 0 Å². The predicted molar refractivity (Wildman–Crippen MR) is 163 cm³/mol. The summed E-state index contributed by atoms with van der Waals surface area (Å²) in [7, 11) is 0. The van der Waals surface area contributed by atoms with E-state index in [1.54, 1.807) is 4.90 Å². The van der Waals surface area contributed by atoms with Crippen molar-refractivity contribution in [1.82, 2.24) is 15.1 Å². The van der Waals surface area contributed by atoms with Crippen LogP contribution in [0.3, 0.4) is 0 Å². The molecule has 4 aliphatic heterocycles. The average molecular weight is 577 g/mol. The summed E-state index contributed by atoms with van der Waals surface area (Å²) in [6, 6.07) is 5.68. The Morgan fingerprint density at radius 2 is 1.74 bits per heavy atom. The van der Waals surface area contributed by atoms with Gasteiger partial charge in [-0.25, -0.2) is 0 Å². The molecule has 4 heterocycles. The van der Waals surface area contributed by atoms with Crippen LogP contribution < -0.4 is 10.6 Å². The number of fused-ring (bicyclic) bond motifs is 1. The van der Waals surface area contributed by atoms with Crippen LogP contribution in [0.25, 0.3) is 0 Å². The average Bonchev–Trinajstić information content (AvgIpc) is 3.57. The zero-order chi connectivity index (χ0) is 29.8. The van der Waals surface area contributed by atoms with Crippen molar-refractivity contribution in [2.75, 3.05) is 25.0 Å². The Morgan fingerprint density at radius 1 is 0.976 bits per heavy atom. The number of hydrogen-bond acceptors (Lipinski definition) is 5. The van der Waals surface area contributed by atoms with Gasteiger partial charge in [-0.15, -0.1) is 0 Å². The molecule has 0 aromatic heterocycles. The van der Waals surface area contributed by atoms with Gasteiger partial charge in [-0.3, -0.25) is 19.3 Å². The van der Waals surface area contributed by atoms with E-state index in [1.807, 2.05) is 38.1 Å². The third kappa shape index (κ3) is 5.08. The molecule has 1 aromatic rings. The molecule has 228 valence electrons. The number of nitrogens with zero attached hydrogens (tertiary/aromatic N) is 2. The first-order valence-corrected chi connectivity index (χ1v) is 16.2. The Balaban J connectivity index is 1.28. The van der Waals surface area contributed by atoms with Crippen molar-refractivity contribution in [2.24, 2.45) is 23.7 Å². The van der Waals surface area contributed by atoms with Gasteiger partial charge in [-0.05, 0) is 81.7 Å². The number of rotatable bonds is 7. The number of aryl methyl sites for hydroxylation is 2. The van der Waals surface area contributed by atoms with Crippen LogP contribution in [0.4, 0.5) is 5.69 Å². The molecule has 8 nitrogen and oxygen atoms in total. The van der Waals surface area contributed by atoms with Crippen LogP contribution in [-0.2, 0) is 19.1 Å². The summed E-state index contributed by atoms with van der Waals surface area (Å²) >= 11 is 0. The van der Waals surface area contributed by atoms with Crippen LogP contribution in [-0.4, -0.2) is 77.0 Å². The van der Waals surface area contributed by atoms with Gasteiger partial charge < -0.3 is 20.3 Å². The van der Waals surface area contributed by atoms with Gasteiger partial charge in [-0.1, -0.05) is 51.3 Å². The number of nitrogens with one attached hydrogen (secondary N) is 2. The lowest BCUT2D eigenvalue weighted by atomic mass is 9.73. The molecule has 2 N–H and O–H groups in total. The number of piperidine rings is 1. The van der Waals surface area contributed by atoms with Gasteiger partial charge in [0.25, 0.3) is 0 Å². The molecule has 1 aromatic carbocycles. The van der Waals surface area contributed by atoms with Crippen molar-refractivity contribution in [1.29, 1.82) is 0 Å². The highest BCUT2D eigenvalue weighted by molar-refractivity contribution is 6.02. The standard InChI is InChI=1S/C34H48N4O4/c1-20-17-21(2)19-25(18-20)35-31(39)28-27-12-13-34(42-27)29(28)33(41)38(16-15-37-14-7-6-10-23(37)4)30(34)32(40)36-26-11-8-9-22(3)24(26)5/h12-13,17-19,22-24,26-30H,6-11,14-16H2,1-5H3,(H,35,39)(H,36,40). The molecule has 3 saturated heterocycles. The third-order valence-corrected chi connectivity index (χ3v) is 11.0. The zero-order valence-corrected chi connectivity index (χ0v) is 25.9. The summed E-state index contributed by atoms with van der Waals surface area (Å²) in [4.78, 5) is 46.6. The van der Waals surface area contributed by atoms with Crippen LogP contribution in [0.2, 0.25) is 0 Å². The Hall–Kier alpha value is -2.71. The first-order valence-electron chi connectivity index (χ1n) is 16.2. The van der Waals surface area contributed by atoms with E-state index >= 15 is 0 Å². The topological polar surface area (TPSA) is 91.0 Å². The lowest BCUT2D eigenvalue weighted by Gasteiger charge is -2.39. The molecular formula is C34H48N4O4. The smallest absolute Gasteiger partial charge is 0.246 e. The molecule has 1 saturated carbocycles. The molecule has 5 aliphatic rings. The van der Waals surface area contributed by atoms with Crippen molar-refractivity contribution in [3.8, 4) is 0 Å². The second kappa shape index (κ2) is 11.4. The number of ether oxygens (including phenoxy) is 1. The van der Waals surface area contributed by atoms with Gasteiger partial charge in [0.05, 0.1) is 17.9 Å². The predicted octanol–water partition coefficient (Wildman–Crippen LogP) is 4.21. The van der Waals surface area contributed by atoms with Crippen molar-refractivity contribution in [3.63, 3.8) is 0 Å². The van der Waals surface area contributed by atoms with E-state index < -0.39 is 29.6 Å². The fourth-order valence-corrected chi connectivity index (χ4v) is 8.55. The van der Waals surface area contributed by atoms with Gasteiger partial charge >= 0.3 is 0 Å². The number of carbonyl (C=O) groups excluding carboxylic acids is 3. The summed E-state index contributed by atoms with van der Waals surface area (Å²) in [5, 5.41) is 6.44. The number of hydrogen-bond donors (Lipinski definition) is 2. The second-order valence-corrected chi connectivity index (χ2v) is 13.9. The minimum Gasteiger partial charge on any atom is -0.359 e. The summed E-state index contributed by atoms with van der Waals surface area (Å²) in [5.41, 5.74) is 1.70. The highest BCUT2D eigenvalue weighted by Crippen LogP contribution is 2.55. The Bertz CT molecular complexity index is 1240. The maximum Gasteiger partial charge on any atom is 0.246 e. The molecule has 1 spiro atoms. The third-order valence-electron chi connectivity index (χ3n) is 11.0. The van der Waals surface area contributed by atoms with Gasteiger partial charge in [-0.2, -0.15) is 0 Å². The summed E-state index contributed by atoms with van der Waals surface area (Å²) in [6.07, 6.45) is 10.0. The second-order valence-electron chi connectivity index (χ2n) is 13.9. The highest BCUT2D eigenvalue weighted by atomic mass is 16.5. The molecule has 8 heteroatoms. The van der Waals surface area contributed by atoms with Crippen molar-refractivity contribution >= 4 is 23.4 Å². The van der Waals surface area contributed by atoms with Crippen LogP contribution >= 0.6 is 0 Å². The molecule has 4 fully saturated rings. The Morgan fingerprint density at radius 3 is 2.48 bits per heavy atom. The van der Waals surface area contributed by atoms with Crippen LogP contribution in [0.5, 0.6) is 0 Å². The van der Waals surface area contributed by atoms with E-state index in [9.17, 15) is 14.4 Å². The van der Waals surface area contributed by atoms with Gasteiger partial charge in [0.1, 0.15) is 11.6 Å². The summed E-state index contributed by atoms with van der Waals surface area (Å²) in [5.74, 6) is -1.03. The van der Waals surface area contributed by atoms with Gasteiger partial charge in [0.2, 0.25) is 17.7 Å². The van der Waals surface area contributed by atoms with E-state index in [0.29, 0.717) is 31.0 Å². The first kappa shape index (κ1) is 29.4. The lowest BCUT2D eigenvalue weighted by Crippen LogP contribution is -2.58. The fourth-order valence-electron chi connectivity index (χ4n) is 8.55. The molecule has 2 bridgehead atoms. The van der Waals surface area contributed by atoms with E-state index in [4.69, 9.17) is 4.74 Å². The molecular weight excluding hydrogens is 528 g/mol. The molecule has 3 amide bonds. The molecule has 9 unspecified atom stereocenters. The first-order chi connectivity index (χ1) is 20.1. The van der Waals surface area contributed by atoms with Crippen molar-refractivity contribution < 1.29 is 19.1 Å². The Kier molecular flexibility index (Phi) is 7.98. The minimum absolute atomic E-state index is 0.0713. The van der Waals surface area contributed by atoms with E-state index in [-0.39, 0.29) is 23.8 Å². The largest absolute Gasteiger partial charge is 0.359 e. The summed E-state index contributed by atoms with van der Waals surface area (Å²) < 4.78 is 6.58. The molecule has 1 aliphatic carbocycles. The van der Waals surface area contributed by atoms with E-state index in [1.165, 1.54) is 12.8 Å². The maximum atomic E-state index is 14.4. The number of benzene rings is 1. The summed E-state index contributed by atoms with van der Waals surface area (Å²) in [6.45, 7) is 12.9. The fraction of sp³-hybridized carbons (Fsp3) is 0.676. The molecule has 6 rings (SSSR count). The maximum absolute atomic E-state index is 14.4. The van der Waals surface area contributed by atoms with Crippen molar-refractivity contribution in [3.05, 3.63) is 41.5 Å². The van der Waals surface area contributed by atoms with E-state index in [2.05, 4.69) is 42.4 Å². The van der Waals surface area contributed by atoms with Crippen LogP contribution in [0.15, 0.2) is 30.4 Å². The Labute approximate surface area is 250 Å². The minimum atomic E-state index is -1.13. The lowest BCUT2D eigenvalue weighted by molar-refractivity contribution is -0.142. The normalized spacial score (nSPS) is 37.6. The van der Waals surface area contributed by atoms with Crippen molar-refractivity contribution in [2.45, 2.75) is 103 Å². The van der Waals surface area contributed by atoms with Crippen LogP contribution in [0.1, 0.15) is 70.4 Å². The monoisotopic (exact) mass is 576 g/mol. The number of amides is 3. The highest BCUT2D eigenvalue weighted by Gasteiger charge is 2.72. The number of anilines is 1.